The first-order valence-corrected chi connectivity index (χ1v) is 14.0. The number of rotatable bonds is 8. The predicted octanol–water partition coefficient (Wildman–Crippen LogP) is 4.52. The Hall–Kier alpha value is -3.63. The second-order valence-electron chi connectivity index (χ2n) is 10.1. The molecule has 3 aromatic carbocycles. The molecule has 39 heavy (non-hydrogen) atoms. The van der Waals surface area contributed by atoms with E-state index < -0.39 is 6.10 Å². The minimum atomic E-state index is -0.597. The molecule has 3 N–H and O–H groups in total. The van der Waals surface area contributed by atoms with E-state index in [0.717, 1.165) is 63.6 Å². The molecule has 1 atom stereocenters. The molecule has 0 aliphatic carbocycles. The van der Waals surface area contributed by atoms with E-state index in [4.69, 9.17) is 4.74 Å². The summed E-state index contributed by atoms with van der Waals surface area (Å²) in [5.41, 5.74) is 2.36. The molecule has 0 spiro atoms. The summed E-state index contributed by atoms with van der Waals surface area (Å²) in [6.45, 7) is 6.49. The standard InChI is InChI=1S/C30H32N4O4S/c1-20-31-26-16-24(9-10-28(26)39-20)38-19-23(35)18-33-13-11-32(12-14-33)17-22-15-29(36)34(30(22)37)27-8-4-6-21-5-2-3-7-25(21)27/h2-10,15-16,23,35-37H,11-14,17-19H2,1H3. The van der Waals surface area contributed by atoms with Gasteiger partial charge in [0.1, 0.15) is 18.5 Å². The van der Waals surface area contributed by atoms with Gasteiger partial charge < -0.3 is 20.1 Å². The van der Waals surface area contributed by atoms with Gasteiger partial charge in [0.05, 0.1) is 20.9 Å². The van der Waals surface area contributed by atoms with Crippen molar-refractivity contribution in [3.05, 3.63) is 77.3 Å². The Labute approximate surface area is 230 Å². The van der Waals surface area contributed by atoms with Gasteiger partial charge in [-0.15, -0.1) is 11.3 Å². The van der Waals surface area contributed by atoms with Gasteiger partial charge in [-0.25, -0.2) is 4.98 Å². The molecule has 1 aliphatic heterocycles. The van der Waals surface area contributed by atoms with Crippen molar-refractivity contribution in [2.24, 2.45) is 0 Å². The second kappa shape index (κ2) is 10.9. The van der Waals surface area contributed by atoms with Gasteiger partial charge in [0.25, 0.3) is 0 Å². The van der Waals surface area contributed by atoms with E-state index in [9.17, 15) is 15.3 Å². The Kier molecular flexibility index (Phi) is 7.14. The molecule has 1 unspecified atom stereocenters. The van der Waals surface area contributed by atoms with Crippen LogP contribution in [0.5, 0.6) is 17.5 Å². The number of ether oxygens (including phenoxy) is 1. The highest BCUT2D eigenvalue weighted by molar-refractivity contribution is 7.18. The summed E-state index contributed by atoms with van der Waals surface area (Å²) < 4.78 is 8.48. The highest BCUT2D eigenvalue weighted by Crippen LogP contribution is 2.35. The van der Waals surface area contributed by atoms with Gasteiger partial charge in [-0.3, -0.25) is 14.4 Å². The molecule has 0 bridgehead atoms. The first-order valence-electron chi connectivity index (χ1n) is 13.2. The summed E-state index contributed by atoms with van der Waals surface area (Å²) in [7, 11) is 0. The summed E-state index contributed by atoms with van der Waals surface area (Å²) in [5, 5.41) is 35.4. The van der Waals surface area contributed by atoms with E-state index >= 15 is 0 Å². The fourth-order valence-electron chi connectivity index (χ4n) is 5.32. The number of aliphatic hydroxyl groups excluding tert-OH is 1. The number of aromatic nitrogens is 2. The Balaban J connectivity index is 1.03. The fourth-order valence-corrected chi connectivity index (χ4v) is 6.13. The number of piperazine rings is 1. The van der Waals surface area contributed by atoms with Crippen molar-refractivity contribution in [1.29, 1.82) is 0 Å². The topological polar surface area (TPSA) is 94.2 Å². The van der Waals surface area contributed by atoms with Gasteiger partial charge in [0.2, 0.25) is 5.88 Å². The summed E-state index contributed by atoms with van der Waals surface area (Å²) in [6.07, 6.45) is -0.597. The molecule has 0 amide bonds. The van der Waals surface area contributed by atoms with Crippen molar-refractivity contribution >= 4 is 32.3 Å². The molecule has 202 valence electrons. The van der Waals surface area contributed by atoms with Crippen LogP contribution in [0.4, 0.5) is 0 Å². The van der Waals surface area contributed by atoms with Crippen molar-refractivity contribution in [3.8, 4) is 23.2 Å². The number of nitrogens with zero attached hydrogens (tertiary/aromatic N) is 4. The van der Waals surface area contributed by atoms with Crippen LogP contribution in [0.3, 0.4) is 0 Å². The van der Waals surface area contributed by atoms with Gasteiger partial charge in [0, 0.05) is 62.4 Å². The quantitative estimate of drug-likeness (QED) is 0.265. The minimum Gasteiger partial charge on any atom is -0.494 e. The Bertz CT molecular complexity index is 1600. The number of thiazole rings is 1. The van der Waals surface area contributed by atoms with Crippen LogP contribution >= 0.6 is 11.3 Å². The molecule has 1 aliphatic rings. The number of aryl methyl sites for hydroxylation is 1. The van der Waals surface area contributed by atoms with Gasteiger partial charge in [-0.1, -0.05) is 36.4 Å². The van der Waals surface area contributed by atoms with Crippen LogP contribution in [0.2, 0.25) is 0 Å². The van der Waals surface area contributed by atoms with Crippen LogP contribution in [-0.2, 0) is 6.54 Å². The third-order valence-electron chi connectivity index (χ3n) is 7.28. The van der Waals surface area contributed by atoms with E-state index in [1.54, 1.807) is 17.4 Å². The van der Waals surface area contributed by atoms with Gasteiger partial charge >= 0.3 is 0 Å². The molecule has 2 aromatic heterocycles. The van der Waals surface area contributed by atoms with Crippen LogP contribution < -0.4 is 4.74 Å². The maximum atomic E-state index is 11.1. The summed E-state index contributed by atoms with van der Waals surface area (Å²) in [4.78, 5) is 8.99. The smallest absolute Gasteiger partial charge is 0.203 e. The Morgan fingerprint density at radius 3 is 2.56 bits per heavy atom. The third-order valence-corrected chi connectivity index (χ3v) is 8.23. The maximum Gasteiger partial charge on any atom is 0.203 e. The minimum absolute atomic E-state index is 0.0182. The molecule has 1 fully saturated rings. The lowest BCUT2D eigenvalue weighted by Crippen LogP contribution is -2.48. The zero-order valence-corrected chi connectivity index (χ0v) is 22.6. The number of hydrogen-bond acceptors (Lipinski definition) is 8. The largest absolute Gasteiger partial charge is 0.494 e. The zero-order valence-electron chi connectivity index (χ0n) is 21.8. The molecular weight excluding hydrogens is 512 g/mol. The van der Waals surface area contributed by atoms with E-state index in [1.165, 1.54) is 4.57 Å². The summed E-state index contributed by atoms with van der Waals surface area (Å²) >= 11 is 1.66. The van der Waals surface area contributed by atoms with Gasteiger partial charge in [-0.2, -0.15) is 0 Å². The molecule has 3 heterocycles. The zero-order chi connectivity index (χ0) is 26.9. The molecule has 6 rings (SSSR count). The molecule has 1 saturated heterocycles. The van der Waals surface area contributed by atoms with Crippen molar-refractivity contribution in [2.45, 2.75) is 19.6 Å². The lowest BCUT2D eigenvalue weighted by atomic mass is 10.1. The lowest BCUT2D eigenvalue weighted by Gasteiger charge is -2.35. The van der Waals surface area contributed by atoms with Crippen LogP contribution in [-0.4, -0.2) is 80.1 Å². The normalized spacial score (nSPS) is 15.7. The number of fused-ring (bicyclic) bond motifs is 2. The summed E-state index contributed by atoms with van der Waals surface area (Å²) in [5.74, 6) is 0.796. The average molecular weight is 545 g/mol. The molecule has 5 aromatic rings. The van der Waals surface area contributed by atoms with Crippen molar-refractivity contribution < 1.29 is 20.1 Å². The highest BCUT2D eigenvalue weighted by atomic mass is 32.1. The van der Waals surface area contributed by atoms with Crippen molar-refractivity contribution in [2.75, 3.05) is 39.3 Å². The first-order chi connectivity index (χ1) is 18.9. The number of hydrogen-bond donors (Lipinski definition) is 3. The third kappa shape index (κ3) is 5.44. The average Bonchev–Trinajstić information content (AvgIpc) is 3.44. The lowest BCUT2D eigenvalue weighted by molar-refractivity contribution is 0.0445. The van der Waals surface area contributed by atoms with Crippen LogP contribution in [0.1, 0.15) is 10.6 Å². The predicted molar refractivity (Wildman–Crippen MR) is 154 cm³/mol. The van der Waals surface area contributed by atoms with E-state index in [1.807, 2.05) is 67.6 Å². The van der Waals surface area contributed by atoms with Crippen molar-refractivity contribution in [1.82, 2.24) is 19.4 Å². The van der Waals surface area contributed by atoms with E-state index in [0.29, 0.717) is 18.7 Å². The Morgan fingerprint density at radius 1 is 0.949 bits per heavy atom. The molecule has 9 heteroatoms. The maximum absolute atomic E-state index is 11.1. The van der Waals surface area contributed by atoms with Gasteiger partial charge in [-0.05, 0) is 30.5 Å². The molecule has 0 saturated carbocycles. The van der Waals surface area contributed by atoms with Crippen LogP contribution in [0.25, 0.3) is 26.7 Å². The van der Waals surface area contributed by atoms with Crippen molar-refractivity contribution in [3.63, 3.8) is 0 Å². The second-order valence-corrected chi connectivity index (χ2v) is 11.3. The monoisotopic (exact) mass is 544 g/mol. The number of aliphatic hydroxyl groups is 1. The van der Waals surface area contributed by atoms with E-state index in [-0.39, 0.29) is 18.4 Å². The molecule has 0 radical (unpaired) electrons. The number of benzene rings is 3. The van der Waals surface area contributed by atoms with E-state index in [2.05, 4.69) is 14.8 Å². The first kappa shape index (κ1) is 25.6. The fraction of sp³-hybridized carbons (Fsp3) is 0.300. The number of aromatic hydroxyl groups is 2. The highest BCUT2D eigenvalue weighted by Gasteiger charge is 2.23. The molecular formula is C30H32N4O4S. The Morgan fingerprint density at radius 2 is 1.72 bits per heavy atom. The SMILES string of the molecule is Cc1nc2cc(OCC(O)CN3CCN(Cc4cc(O)n(-c5cccc6ccccc56)c4O)CC3)ccc2s1. The summed E-state index contributed by atoms with van der Waals surface area (Å²) in [6, 6.07) is 21.3. The number of β-amino-alcohol motifs (C(OH)–C–C–N with tert-alkyl or cyclic N) is 1. The molecule has 8 nitrogen and oxygen atoms in total. The van der Waals surface area contributed by atoms with Gasteiger partial charge in [0.15, 0.2) is 5.88 Å². The van der Waals surface area contributed by atoms with Crippen LogP contribution in [0, 0.1) is 6.92 Å². The van der Waals surface area contributed by atoms with Crippen LogP contribution in [0.15, 0.2) is 66.7 Å².